The Morgan fingerprint density at radius 3 is 2.69 bits per heavy atom. The molecule has 2 bridgehead atoms. The number of hydrogen-bond acceptors (Lipinski definition) is 3. The number of ketones is 1. The van der Waals surface area contributed by atoms with Crippen LogP contribution in [0.3, 0.4) is 0 Å². The number of allylic oxidation sites excluding steroid dienone is 2. The average molecular weight is 223 g/mol. The first kappa shape index (κ1) is 11.2. The van der Waals surface area contributed by atoms with Crippen molar-refractivity contribution in [2.75, 3.05) is 13.7 Å². The molecule has 0 spiro atoms. The van der Waals surface area contributed by atoms with Gasteiger partial charge >= 0.3 is 6.09 Å². The first-order valence-electron chi connectivity index (χ1n) is 5.62. The van der Waals surface area contributed by atoms with Crippen LogP contribution in [0.4, 0.5) is 4.79 Å². The molecule has 0 aromatic carbocycles. The van der Waals surface area contributed by atoms with E-state index in [0.717, 1.165) is 12.8 Å². The van der Waals surface area contributed by atoms with Crippen LogP contribution in [0.25, 0.3) is 0 Å². The number of ether oxygens (including phenoxy) is 1. The summed E-state index contributed by atoms with van der Waals surface area (Å²) in [6, 6.07) is 0. The fourth-order valence-electron chi connectivity index (χ4n) is 2.89. The van der Waals surface area contributed by atoms with Crippen molar-refractivity contribution in [1.82, 2.24) is 5.32 Å². The molecule has 2 aliphatic rings. The smallest absolute Gasteiger partial charge is 0.406 e. The van der Waals surface area contributed by atoms with Crippen LogP contribution in [0.2, 0.25) is 0 Å². The molecule has 4 heteroatoms. The van der Waals surface area contributed by atoms with E-state index in [-0.39, 0.29) is 18.3 Å². The van der Waals surface area contributed by atoms with Crippen molar-refractivity contribution < 1.29 is 14.3 Å². The monoisotopic (exact) mass is 223 g/mol. The van der Waals surface area contributed by atoms with Gasteiger partial charge in [-0.3, -0.25) is 4.79 Å². The number of Topliss-reactive ketones (excluding diaryl/α,β-unsaturated/α-hetero) is 1. The highest BCUT2D eigenvalue weighted by Crippen LogP contribution is 2.52. The molecule has 0 aromatic rings. The summed E-state index contributed by atoms with van der Waals surface area (Å²) in [5.74, 6) is 0.870. The minimum atomic E-state index is -0.466. The maximum absolute atomic E-state index is 11.8. The molecule has 0 aliphatic heterocycles. The second kappa shape index (κ2) is 3.92. The summed E-state index contributed by atoms with van der Waals surface area (Å²) in [5.41, 5.74) is -0.466. The zero-order valence-corrected chi connectivity index (χ0v) is 9.66. The molecule has 4 nitrogen and oxygen atoms in total. The summed E-state index contributed by atoms with van der Waals surface area (Å²) in [5, 5.41) is 2.40. The van der Waals surface area contributed by atoms with Gasteiger partial charge in [-0.05, 0) is 31.6 Å². The topological polar surface area (TPSA) is 55.4 Å². The predicted molar refractivity (Wildman–Crippen MR) is 58.9 cm³/mol. The van der Waals surface area contributed by atoms with Crippen LogP contribution >= 0.6 is 0 Å². The van der Waals surface area contributed by atoms with E-state index in [2.05, 4.69) is 17.5 Å². The number of nitrogens with one attached hydrogen (secondary N) is 1. The van der Waals surface area contributed by atoms with Gasteiger partial charge in [-0.2, -0.15) is 0 Å². The molecule has 16 heavy (non-hydrogen) atoms. The molecule has 1 N–H and O–H groups in total. The van der Waals surface area contributed by atoms with Crippen LogP contribution in [-0.2, 0) is 9.53 Å². The lowest BCUT2D eigenvalue weighted by Gasteiger charge is -2.32. The van der Waals surface area contributed by atoms with Crippen LogP contribution < -0.4 is 5.32 Å². The van der Waals surface area contributed by atoms with Crippen molar-refractivity contribution in [3.8, 4) is 0 Å². The van der Waals surface area contributed by atoms with E-state index < -0.39 is 11.5 Å². The molecular weight excluding hydrogens is 206 g/mol. The minimum Gasteiger partial charge on any atom is -0.448 e. The molecule has 88 valence electrons. The lowest BCUT2D eigenvalue weighted by atomic mass is 9.73. The second-order valence-corrected chi connectivity index (χ2v) is 4.73. The van der Waals surface area contributed by atoms with Crippen molar-refractivity contribution in [3.05, 3.63) is 12.2 Å². The maximum Gasteiger partial charge on any atom is 0.406 e. The van der Waals surface area contributed by atoms with Crippen LogP contribution in [0.15, 0.2) is 12.2 Å². The molecular formula is C12H17NO3. The minimum absolute atomic E-state index is 0.133. The van der Waals surface area contributed by atoms with Gasteiger partial charge < -0.3 is 10.1 Å². The van der Waals surface area contributed by atoms with Crippen molar-refractivity contribution in [2.24, 2.45) is 17.3 Å². The normalized spacial score (nSPS) is 35.1. The van der Waals surface area contributed by atoms with Crippen molar-refractivity contribution in [2.45, 2.75) is 19.8 Å². The number of fused-ring (bicyclic) bond motifs is 2. The van der Waals surface area contributed by atoms with Gasteiger partial charge in [-0.15, -0.1) is 0 Å². The average Bonchev–Trinajstić information content (AvgIpc) is 2.86. The summed E-state index contributed by atoms with van der Waals surface area (Å²) >= 11 is 0. The van der Waals surface area contributed by atoms with Gasteiger partial charge in [0.2, 0.25) is 0 Å². The Morgan fingerprint density at radius 2 is 2.25 bits per heavy atom. The van der Waals surface area contributed by atoms with Gasteiger partial charge in [0, 0.05) is 7.05 Å². The summed E-state index contributed by atoms with van der Waals surface area (Å²) in [6.07, 6.45) is 5.65. The quantitative estimate of drug-likeness (QED) is 0.738. The van der Waals surface area contributed by atoms with Crippen LogP contribution in [0.1, 0.15) is 19.8 Å². The van der Waals surface area contributed by atoms with E-state index in [9.17, 15) is 9.59 Å². The summed E-state index contributed by atoms with van der Waals surface area (Å²) in [6.45, 7) is 1.80. The summed E-state index contributed by atoms with van der Waals surface area (Å²) in [7, 11) is 1.52. The Hall–Kier alpha value is -1.32. The molecule has 0 aromatic heterocycles. The SMILES string of the molecule is CNC(=O)OCC1(C(C)=O)CC2C=CC1C2. The predicted octanol–water partition coefficient (Wildman–Crippen LogP) is 1.51. The highest BCUT2D eigenvalue weighted by Gasteiger charge is 2.52. The first-order valence-corrected chi connectivity index (χ1v) is 5.62. The lowest BCUT2D eigenvalue weighted by Crippen LogP contribution is -2.40. The summed E-state index contributed by atoms with van der Waals surface area (Å²) in [4.78, 5) is 22.9. The lowest BCUT2D eigenvalue weighted by molar-refractivity contribution is -0.130. The van der Waals surface area contributed by atoms with Crippen LogP contribution in [0, 0.1) is 17.3 Å². The molecule has 0 heterocycles. The fourth-order valence-corrected chi connectivity index (χ4v) is 2.89. The van der Waals surface area contributed by atoms with Gasteiger partial charge in [0.25, 0.3) is 0 Å². The van der Waals surface area contributed by atoms with Gasteiger partial charge in [0.05, 0.1) is 5.41 Å². The van der Waals surface area contributed by atoms with E-state index in [1.165, 1.54) is 7.05 Å². The summed E-state index contributed by atoms with van der Waals surface area (Å²) < 4.78 is 5.09. The van der Waals surface area contributed by atoms with E-state index >= 15 is 0 Å². The molecule has 2 aliphatic carbocycles. The largest absolute Gasteiger partial charge is 0.448 e. The third-order valence-corrected chi connectivity index (χ3v) is 3.87. The third kappa shape index (κ3) is 1.62. The molecule has 0 radical (unpaired) electrons. The van der Waals surface area contributed by atoms with E-state index in [0.29, 0.717) is 5.92 Å². The Labute approximate surface area is 95.0 Å². The second-order valence-electron chi connectivity index (χ2n) is 4.73. The van der Waals surface area contributed by atoms with Crippen molar-refractivity contribution in [1.29, 1.82) is 0 Å². The van der Waals surface area contributed by atoms with E-state index in [1.54, 1.807) is 6.92 Å². The number of alkyl carbamates (subject to hydrolysis) is 1. The van der Waals surface area contributed by atoms with Gasteiger partial charge in [-0.25, -0.2) is 4.79 Å². The number of amides is 1. The Morgan fingerprint density at radius 1 is 1.50 bits per heavy atom. The molecule has 1 fully saturated rings. The van der Waals surface area contributed by atoms with Crippen molar-refractivity contribution >= 4 is 11.9 Å². The van der Waals surface area contributed by atoms with Crippen LogP contribution in [-0.4, -0.2) is 25.5 Å². The molecule has 3 unspecified atom stereocenters. The number of hydrogen-bond donors (Lipinski definition) is 1. The van der Waals surface area contributed by atoms with Gasteiger partial charge in [-0.1, -0.05) is 12.2 Å². The number of carbonyl (C=O) groups is 2. The zero-order chi connectivity index (χ0) is 11.8. The van der Waals surface area contributed by atoms with Gasteiger partial charge in [0.1, 0.15) is 12.4 Å². The molecule has 3 atom stereocenters. The van der Waals surface area contributed by atoms with E-state index in [1.807, 2.05) is 0 Å². The highest BCUT2D eigenvalue weighted by atomic mass is 16.5. The van der Waals surface area contributed by atoms with Crippen LogP contribution in [0.5, 0.6) is 0 Å². The Bertz CT molecular complexity index is 350. The molecule has 2 rings (SSSR count). The Balaban J connectivity index is 2.09. The Kier molecular flexibility index (Phi) is 2.74. The first-order chi connectivity index (χ1) is 7.58. The highest BCUT2D eigenvalue weighted by molar-refractivity contribution is 5.84. The van der Waals surface area contributed by atoms with Gasteiger partial charge in [0.15, 0.2) is 0 Å². The fraction of sp³-hybridized carbons (Fsp3) is 0.667. The standard InChI is InChI=1S/C12H17NO3/c1-8(14)12(7-16-11(15)13-2)6-9-3-4-10(12)5-9/h3-4,9-10H,5-7H2,1-2H3,(H,13,15). The zero-order valence-electron chi connectivity index (χ0n) is 9.66. The molecule has 1 amide bonds. The molecule has 0 saturated heterocycles. The molecule has 1 saturated carbocycles. The maximum atomic E-state index is 11.8. The van der Waals surface area contributed by atoms with E-state index in [4.69, 9.17) is 4.74 Å². The van der Waals surface area contributed by atoms with Crippen molar-refractivity contribution in [3.63, 3.8) is 0 Å². The number of carbonyl (C=O) groups excluding carboxylic acids is 2. The third-order valence-electron chi connectivity index (χ3n) is 3.87. The number of rotatable bonds is 3.